The molecule has 0 spiro atoms. The first-order valence-electron chi connectivity index (χ1n) is 5.79. The van der Waals surface area contributed by atoms with Crippen molar-refractivity contribution in [1.29, 1.82) is 0 Å². The van der Waals surface area contributed by atoms with Crippen LogP contribution in [-0.2, 0) is 4.74 Å². The Kier molecular flexibility index (Phi) is 2.48. The molecule has 1 saturated heterocycles. The van der Waals surface area contributed by atoms with Crippen molar-refractivity contribution in [2.24, 2.45) is 0 Å². The van der Waals surface area contributed by atoms with E-state index in [0.717, 1.165) is 36.8 Å². The Morgan fingerprint density at radius 1 is 1.41 bits per heavy atom. The summed E-state index contributed by atoms with van der Waals surface area (Å²) in [7, 11) is 0. The van der Waals surface area contributed by atoms with Crippen LogP contribution in [0.5, 0.6) is 0 Å². The molecule has 2 aromatic rings. The van der Waals surface area contributed by atoms with Gasteiger partial charge in [0.25, 0.3) is 0 Å². The SMILES string of the molecule is Nc1cc2cnn(C3CCCCO3)c2cc1F. The maximum Gasteiger partial charge on any atom is 0.150 e. The van der Waals surface area contributed by atoms with Crippen LogP contribution in [0, 0.1) is 5.82 Å². The molecular formula is C12H14FN3O. The van der Waals surface area contributed by atoms with Gasteiger partial charge in [0.05, 0.1) is 17.4 Å². The Morgan fingerprint density at radius 2 is 2.29 bits per heavy atom. The van der Waals surface area contributed by atoms with Crippen molar-refractivity contribution in [3.8, 4) is 0 Å². The molecule has 1 aliphatic heterocycles. The smallest absolute Gasteiger partial charge is 0.150 e. The molecule has 0 radical (unpaired) electrons. The Bertz CT molecular complexity index is 546. The lowest BCUT2D eigenvalue weighted by atomic mass is 10.2. The van der Waals surface area contributed by atoms with Gasteiger partial charge >= 0.3 is 0 Å². The number of nitrogens with zero attached hydrogens (tertiary/aromatic N) is 2. The van der Waals surface area contributed by atoms with Gasteiger partial charge in [-0.25, -0.2) is 9.07 Å². The van der Waals surface area contributed by atoms with Crippen LogP contribution in [-0.4, -0.2) is 16.4 Å². The highest BCUT2D eigenvalue weighted by molar-refractivity contribution is 5.82. The van der Waals surface area contributed by atoms with Gasteiger partial charge in [0.1, 0.15) is 5.82 Å². The number of anilines is 1. The van der Waals surface area contributed by atoms with Gasteiger partial charge in [-0.15, -0.1) is 0 Å². The van der Waals surface area contributed by atoms with E-state index in [4.69, 9.17) is 10.5 Å². The van der Waals surface area contributed by atoms with Crippen molar-refractivity contribution in [3.05, 3.63) is 24.1 Å². The maximum atomic E-state index is 13.5. The summed E-state index contributed by atoms with van der Waals surface area (Å²) in [5.41, 5.74) is 6.42. The Labute approximate surface area is 98.2 Å². The maximum absolute atomic E-state index is 13.5. The van der Waals surface area contributed by atoms with E-state index in [1.54, 1.807) is 16.9 Å². The van der Waals surface area contributed by atoms with Crippen LogP contribution in [0.2, 0.25) is 0 Å². The first-order chi connectivity index (χ1) is 8.25. The topological polar surface area (TPSA) is 53.1 Å². The van der Waals surface area contributed by atoms with Crippen molar-refractivity contribution in [1.82, 2.24) is 9.78 Å². The lowest BCUT2D eigenvalue weighted by Gasteiger charge is -2.23. The second kappa shape index (κ2) is 4.00. The molecule has 0 amide bonds. The van der Waals surface area contributed by atoms with Crippen LogP contribution in [0.4, 0.5) is 10.1 Å². The highest BCUT2D eigenvalue weighted by Gasteiger charge is 2.19. The average Bonchev–Trinajstić information content (AvgIpc) is 2.74. The van der Waals surface area contributed by atoms with Crippen molar-refractivity contribution in [3.63, 3.8) is 0 Å². The molecule has 1 aromatic heterocycles. The summed E-state index contributed by atoms with van der Waals surface area (Å²) in [6.07, 6.45) is 4.73. The van der Waals surface area contributed by atoms with Crippen molar-refractivity contribution in [2.75, 3.05) is 12.3 Å². The summed E-state index contributed by atoms with van der Waals surface area (Å²) in [6.45, 7) is 0.740. The number of ether oxygens (including phenoxy) is 1. The molecule has 1 atom stereocenters. The fourth-order valence-corrected chi connectivity index (χ4v) is 2.23. The molecule has 2 N–H and O–H groups in total. The number of fused-ring (bicyclic) bond motifs is 1. The van der Waals surface area contributed by atoms with Crippen LogP contribution in [0.1, 0.15) is 25.5 Å². The molecule has 3 rings (SSSR count). The summed E-state index contributed by atoms with van der Waals surface area (Å²) in [4.78, 5) is 0. The fourth-order valence-electron chi connectivity index (χ4n) is 2.23. The number of rotatable bonds is 1. The molecule has 4 nitrogen and oxygen atoms in total. The Morgan fingerprint density at radius 3 is 3.06 bits per heavy atom. The van der Waals surface area contributed by atoms with E-state index in [-0.39, 0.29) is 11.9 Å². The van der Waals surface area contributed by atoms with E-state index in [1.165, 1.54) is 6.07 Å². The predicted molar refractivity (Wildman–Crippen MR) is 62.9 cm³/mol. The van der Waals surface area contributed by atoms with E-state index in [0.29, 0.717) is 0 Å². The predicted octanol–water partition coefficient (Wildman–Crippen LogP) is 2.46. The summed E-state index contributed by atoms with van der Waals surface area (Å²) in [5, 5.41) is 5.12. The third kappa shape index (κ3) is 1.76. The van der Waals surface area contributed by atoms with Crippen molar-refractivity contribution in [2.45, 2.75) is 25.5 Å². The standard InChI is InChI=1S/C12H14FN3O/c13-9-6-11-8(5-10(9)14)7-15-16(11)12-3-1-2-4-17-12/h5-7,12H,1-4,14H2. The molecular weight excluding hydrogens is 221 g/mol. The first kappa shape index (κ1) is 10.5. The minimum Gasteiger partial charge on any atom is -0.396 e. The molecule has 1 aromatic carbocycles. The van der Waals surface area contributed by atoms with Crippen LogP contribution < -0.4 is 5.73 Å². The largest absolute Gasteiger partial charge is 0.396 e. The van der Waals surface area contributed by atoms with Gasteiger partial charge in [-0.2, -0.15) is 5.10 Å². The van der Waals surface area contributed by atoms with Crippen LogP contribution in [0.15, 0.2) is 18.3 Å². The molecule has 1 fully saturated rings. The molecule has 90 valence electrons. The van der Waals surface area contributed by atoms with Gasteiger partial charge in [0, 0.05) is 18.1 Å². The van der Waals surface area contributed by atoms with Crippen molar-refractivity contribution >= 4 is 16.6 Å². The third-order valence-corrected chi connectivity index (χ3v) is 3.14. The third-order valence-electron chi connectivity index (χ3n) is 3.14. The zero-order valence-electron chi connectivity index (χ0n) is 9.40. The summed E-state index contributed by atoms with van der Waals surface area (Å²) < 4.78 is 20.9. The number of nitrogen functional groups attached to an aromatic ring is 1. The van der Waals surface area contributed by atoms with Crippen molar-refractivity contribution < 1.29 is 9.13 Å². The lowest BCUT2D eigenvalue weighted by molar-refractivity contribution is -0.0366. The Balaban J connectivity index is 2.07. The zero-order chi connectivity index (χ0) is 11.8. The molecule has 0 aliphatic carbocycles. The molecule has 5 heteroatoms. The zero-order valence-corrected chi connectivity index (χ0v) is 9.40. The van der Waals surface area contributed by atoms with Gasteiger partial charge in [-0.3, -0.25) is 0 Å². The van der Waals surface area contributed by atoms with Gasteiger partial charge in [-0.1, -0.05) is 0 Å². The number of aromatic nitrogens is 2. The molecule has 2 heterocycles. The summed E-state index contributed by atoms with van der Waals surface area (Å²) in [6, 6.07) is 3.03. The van der Waals surface area contributed by atoms with E-state index in [9.17, 15) is 4.39 Å². The fraction of sp³-hybridized carbons (Fsp3) is 0.417. The van der Waals surface area contributed by atoms with E-state index in [2.05, 4.69) is 5.10 Å². The quantitative estimate of drug-likeness (QED) is 0.772. The lowest BCUT2D eigenvalue weighted by Crippen LogP contribution is -2.19. The van der Waals surface area contributed by atoms with Crippen LogP contribution in [0.3, 0.4) is 0 Å². The minimum atomic E-state index is -0.407. The number of hydrogen-bond donors (Lipinski definition) is 1. The molecule has 1 unspecified atom stereocenters. The van der Waals surface area contributed by atoms with Gasteiger partial charge in [-0.05, 0) is 25.3 Å². The van der Waals surface area contributed by atoms with Crippen LogP contribution in [0.25, 0.3) is 10.9 Å². The molecule has 0 saturated carbocycles. The van der Waals surface area contributed by atoms with E-state index >= 15 is 0 Å². The molecule has 0 bridgehead atoms. The summed E-state index contributed by atoms with van der Waals surface area (Å²) in [5.74, 6) is -0.407. The monoisotopic (exact) mass is 235 g/mol. The van der Waals surface area contributed by atoms with Crippen LogP contribution >= 0.6 is 0 Å². The number of hydrogen-bond acceptors (Lipinski definition) is 3. The second-order valence-corrected chi connectivity index (χ2v) is 4.34. The summed E-state index contributed by atoms with van der Waals surface area (Å²) >= 11 is 0. The highest BCUT2D eigenvalue weighted by Crippen LogP contribution is 2.27. The first-order valence-corrected chi connectivity index (χ1v) is 5.79. The van der Waals surface area contributed by atoms with Gasteiger partial charge in [0.15, 0.2) is 6.23 Å². The number of nitrogens with two attached hydrogens (primary N) is 1. The average molecular weight is 235 g/mol. The van der Waals surface area contributed by atoms with Gasteiger partial charge < -0.3 is 10.5 Å². The Hall–Kier alpha value is -1.62. The number of benzene rings is 1. The van der Waals surface area contributed by atoms with Gasteiger partial charge in [0.2, 0.25) is 0 Å². The van der Waals surface area contributed by atoms with E-state index < -0.39 is 5.82 Å². The second-order valence-electron chi connectivity index (χ2n) is 4.34. The molecule has 1 aliphatic rings. The highest BCUT2D eigenvalue weighted by atomic mass is 19.1. The number of halogens is 1. The molecule has 17 heavy (non-hydrogen) atoms. The van der Waals surface area contributed by atoms with E-state index in [1.807, 2.05) is 0 Å². The normalized spacial score (nSPS) is 20.9. The minimum absolute atomic E-state index is 0.0794.